The number of β-lactam (4-membered cyclic amide) rings is 1. The molecule has 0 saturated carbocycles. The monoisotopic (exact) mass is 346 g/mol. The standard InChI is InChI=1S/C16H15BrN2O2/c1-21-13-4-2-3-10(9-13)15-14(18)16(20)19(15)12-7-5-11(17)6-8-12/h2-9,14-15H,18H2,1H3/t14-,15+/m1/s1. The Labute approximate surface area is 131 Å². The number of nitrogens with two attached hydrogens (primary N) is 1. The van der Waals surface area contributed by atoms with Gasteiger partial charge in [0.25, 0.3) is 0 Å². The maximum absolute atomic E-state index is 12.1. The minimum atomic E-state index is -0.513. The minimum Gasteiger partial charge on any atom is -0.497 e. The van der Waals surface area contributed by atoms with Crippen molar-refractivity contribution >= 4 is 27.5 Å². The number of halogens is 1. The van der Waals surface area contributed by atoms with Crippen LogP contribution >= 0.6 is 15.9 Å². The third-order valence-electron chi connectivity index (χ3n) is 3.68. The van der Waals surface area contributed by atoms with Crippen molar-refractivity contribution in [2.75, 3.05) is 12.0 Å². The van der Waals surface area contributed by atoms with Crippen LogP contribution in [0.3, 0.4) is 0 Å². The lowest BCUT2D eigenvalue weighted by atomic mass is 9.88. The average Bonchev–Trinajstić information content (AvgIpc) is 2.52. The van der Waals surface area contributed by atoms with Crippen LogP contribution in [0.4, 0.5) is 5.69 Å². The van der Waals surface area contributed by atoms with Gasteiger partial charge in [-0.3, -0.25) is 4.79 Å². The Balaban J connectivity index is 1.96. The molecule has 0 aromatic heterocycles. The van der Waals surface area contributed by atoms with Crippen molar-refractivity contribution in [3.05, 3.63) is 58.6 Å². The predicted molar refractivity (Wildman–Crippen MR) is 85.3 cm³/mol. The van der Waals surface area contributed by atoms with E-state index in [1.54, 1.807) is 12.0 Å². The van der Waals surface area contributed by atoms with Crippen LogP contribution in [0.25, 0.3) is 0 Å². The van der Waals surface area contributed by atoms with Crippen molar-refractivity contribution < 1.29 is 9.53 Å². The molecule has 21 heavy (non-hydrogen) atoms. The summed E-state index contributed by atoms with van der Waals surface area (Å²) in [5.41, 5.74) is 7.83. The molecule has 1 heterocycles. The summed E-state index contributed by atoms with van der Waals surface area (Å²) >= 11 is 3.40. The zero-order valence-corrected chi connectivity index (χ0v) is 13.1. The fraction of sp³-hybridized carbons (Fsp3) is 0.188. The summed E-state index contributed by atoms with van der Waals surface area (Å²) in [5.74, 6) is 0.694. The van der Waals surface area contributed by atoms with Gasteiger partial charge in [0.15, 0.2) is 0 Å². The molecule has 1 fully saturated rings. The van der Waals surface area contributed by atoms with Crippen molar-refractivity contribution in [2.45, 2.75) is 12.1 Å². The minimum absolute atomic E-state index is 0.0647. The molecule has 0 bridgehead atoms. The second-order valence-corrected chi connectivity index (χ2v) is 5.85. The highest BCUT2D eigenvalue weighted by Crippen LogP contribution is 2.39. The second kappa shape index (κ2) is 5.50. The first-order valence-electron chi connectivity index (χ1n) is 6.60. The Kier molecular flexibility index (Phi) is 3.69. The van der Waals surface area contributed by atoms with E-state index < -0.39 is 6.04 Å². The van der Waals surface area contributed by atoms with Crippen LogP contribution in [0.1, 0.15) is 11.6 Å². The van der Waals surface area contributed by atoms with Crippen molar-refractivity contribution in [1.82, 2.24) is 0 Å². The molecule has 108 valence electrons. The summed E-state index contributed by atoms with van der Waals surface area (Å²) in [6.07, 6.45) is 0. The SMILES string of the molecule is COc1cccc([C@H]2[C@@H](N)C(=O)N2c2ccc(Br)cc2)c1. The second-order valence-electron chi connectivity index (χ2n) is 4.93. The molecule has 3 rings (SSSR count). The largest absolute Gasteiger partial charge is 0.497 e. The molecule has 2 aromatic carbocycles. The van der Waals surface area contributed by atoms with Gasteiger partial charge in [-0.1, -0.05) is 28.1 Å². The molecular formula is C16H15BrN2O2. The lowest BCUT2D eigenvalue weighted by molar-refractivity contribution is -0.126. The first-order valence-corrected chi connectivity index (χ1v) is 7.39. The molecule has 1 amide bonds. The van der Waals surface area contributed by atoms with E-state index in [1.807, 2.05) is 48.5 Å². The van der Waals surface area contributed by atoms with Crippen molar-refractivity contribution in [2.24, 2.45) is 5.73 Å². The maximum Gasteiger partial charge on any atom is 0.247 e. The van der Waals surface area contributed by atoms with Crippen LogP contribution in [0, 0.1) is 0 Å². The maximum atomic E-state index is 12.1. The number of hydrogen-bond acceptors (Lipinski definition) is 3. The van der Waals surface area contributed by atoms with E-state index in [9.17, 15) is 4.79 Å². The van der Waals surface area contributed by atoms with Gasteiger partial charge in [0.05, 0.1) is 13.2 Å². The normalized spacial score (nSPS) is 21.1. The van der Waals surface area contributed by atoms with Crippen molar-refractivity contribution in [1.29, 1.82) is 0 Å². The van der Waals surface area contributed by atoms with Crippen LogP contribution in [0.2, 0.25) is 0 Å². The van der Waals surface area contributed by atoms with Gasteiger partial charge in [-0.05, 0) is 42.0 Å². The van der Waals surface area contributed by atoms with E-state index in [0.29, 0.717) is 0 Å². The van der Waals surface area contributed by atoms with Crippen LogP contribution in [-0.4, -0.2) is 19.1 Å². The molecule has 1 aliphatic heterocycles. The van der Waals surface area contributed by atoms with Crippen LogP contribution in [0.15, 0.2) is 53.0 Å². The number of benzene rings is 2. The Morgan fingerprint density at radius 2 is 1.90 bits per heavy atom. The van der Waals surface area contributed by atoms with Gasteiger partial charge in [0, 0.05) is 10.2 Å². The Bertz CT molecular complexity index is 672. The summed E-state index contributed by atoms with van der Waals surface area (Å²) in [5, 5.41) is 0. The number of nitrogens with zero attached hydrogens (tertiary/aromatic N) is 1. The smallest absolute Gasteiger partial charge is 0.247 e. The molecule has 5 heteroatoms. The van der Waals surface area contributed by atoms with Gasteiger partial charge in [0.2, 0.25) is 5.91 Å². The molecule has 0 aliphatic carbocycles. The zero-order chi connectivity index (χ0) is 15.0. The van der Waals surface area contributed by atoms with E-state index in [1.165, 1.54) is 0 Å². The molecule has 2 aromatic rings. The fourth-order valence-electron chi connectivity index (χ4n) is 2.58. The van der Waals surface area contributed by atoms with E-state index in [4.69, 9.17) is 10.5 Å². The first kappa shape index (κ1) is 14.1. The Morgan fingerprint density at radius 1 is 1.19 bits per heavy atom. The number of hydrogen-bond donors (Lipinski definition) is 1. The number of methoxy groups -OCH3 is 1. The average molecular weight is 347 g/mol. The highest BCUT2D eigenvalue weighted by Gasteiger charge is 2.46. The molecule has 2 atom stereocenters. The molecule has 0 radical (unpaired) electrons. The van der Waals surface area contributed by atoms with Crippen LogP contribution in [-0.2, 0) is 4.79 Å². The molecule has 0 spiro atoms. The van der Waals surface area contributed by atoms with Gasteiger partial charge < -0.3 is 15.4 Å². The van der Waals surface area contributed by atoms with Gasteiger partial charge in [0.1, 0.15) is 11.8 Å². The summed E-state index contributed by atoms with van der Waals surface area (Å²) in [4.78, 5) is 13.9. The first-order chi connectivity index (χ1) is 10.1. The van der Waals surface area contributed by atoms with Crippen LogP contribution in [0.5, 0.6) is 5.75 Å². The van der Waals surface area contributed by atoms with E-state index in [0.717, 1.165) is 21.5 Å². The number of amides is 1. The molecule has 1 saturated heterocycles. The quantitative estimate of drug-likeness (QED) is 0.869. The lowest BCUT2D eigenvalue weighted by Gasteiger charge is -2.45. The fourth-order valence-corrected chi connectivity index (χ4v) is 2.85. The predicted octanol–water partition coefficient (Wildman–Crippen LogP) is 2.87. The number of anilines is 1. The van der Waals surface area contributed by atoms with E-state index in [2.05, 4.69) is 15.9 Å². The summed E-state index contributed by atoms with van der Waals surface area (Å²) < 4.78 is 6.22. The van der Waals surface area contributed by atoms with Gasteiger partial charge in [-0.25, -0.2) is 0 Å². The topological polar surface area (TPSA) is 55.6 Å². The highest BCUT2D eigenvalue weighted by molar-refractivity contribution is 9.10. The van der Waals surface area contributed by atoms with Crippen molar-refractivity contribution in [3.63, 3.8) is 0 Å². The van der Waals surface area contributed by atoms with Gasteiger partial charge >= 0.3 is 0 Å². The highest BCUT2D eigenvalue weighted by atomic mass is 79.9. The zero-order valence-electron chi connectivity index (χ0n) is 11.5. The third-order valence-corrected chi connectivity index (χ3v) is 4.21. The number of rotatable bonds is 3. The lowest BCUT2D eigenvalue weighted by Crippen LogP contribution is -2.63. The summed E-state index contributed by atoms with van der Waals surface area (Å²) in [7, 11) is 1.62. The summed E-state index contributed by atoms with van der Waals surface area (Å²) in [6.45, 7) is 0. The number of carbonyl (C=O) groups excluding carboxylic acids is 1. The van der Waals surface area contributed by atoms with Gasteiger partial charge in [-0.2, -0.15) is 0 Å². The molecule has 4 nitrogen and oxygen atoms in total. The Hall–Kier alpha value is -1.85. The van der Waals surface area contributed by atoms with E-state index in [-0.39, 0.29) is 11.9 Å². The Morgan fingerprint density at radius 3 is 2.57 bits per heavy atom. The number of carbonyl (C=O) groups is 1. The molecule has 2 N–H and O–H groups in total. The van der Waals surface area contributed by atoms with Crippen molar-refractivity contribution in [3.8, 4) is 5.75 Å². The number of ether oxygens (including phenoxy) is 1. The molecule has 0 unspecified atom stereocenters. The summed E-state index contributed by atoms with van der Waals surface area (Å²) in [6, 6.07) is 14.6. The van der Waals surface area contributed by atoms with Gasteiger partial charge in [-0.15, -0.1) is 0 Å². The molecular weight excluding hydrogens is 332 g/mol. The van der Waals surface area contributed by atoms with E-state index >= 15 is 0 Å². The van der Waals surface area contributed by atoms with Crippen LogP contribution < -0.4 is 15.4 Å². The third kappa shape index (κ3) is 2.43. The molecule has 1 aliphatic rings.